The summed E-state index contributed by atoms with van der Waals surface area (Å²) in [5.41, 5.74) is 0. The van der Waals surface area contributed by atoms with Crippen molar-refractivity contribution >= 4 is 5.97 Å². The lowest BCUT2D eigenvalue weighted by atomic mass is 10.2. The standard InChI is InChI=1S/C12H25NO4/c1-4-13-10-11(2)12(14)17-7-5-6-16-9-8-15-3/h11,13H,4-10H2,1-3H3. The summed E-state index contributed by atoms with van der Waals surface area (Å²) >= 11 is 0. The van der Waals surface area contributed by atoms with E-state index in [9.17, 15) is 4.79 Å². The summed E-state index contributed by atoms with van der Waals surface area (Å²) in [5.74, 6) is -0.243. The van der Waals surface area contributed by atoms with E-state index in [2.05, 4.69) is 5.32 Å². The molecule has 0 aliphatic heterocycles. The largest absolute Gasteiger partial charge is 0.465 e. The van der Waals surface area contributed by atoms with Crippen molar-refractivity contribution < 1.29 is 19.0 Å². The maximum Gasteiger partial charge on any atom is 0.309 e. The predicted octanol–water partition coefficient (Wildman–Crippen LogP) is 0.828. The summed E-state index contributed by atoms with van der Waals surface area (Å²) in [6.07, 6.45) is 0.726. The van der Waals surface area contributed by atoms with Crippen LogP contribution in [0, 0.1) is 5.92 Å². The van der Waals surface area contributed by atoms with Crippen LogP contribution in [0.2, 0.25) is 0 Å². The zero-order valence-corrected chi connectivity index (χ0v) is 11.2. The van der Waals surface area contributed by atoms with Crippen molar-refractivity contribution in [2.24, 2.45) is 5.92 Å². The Morgan fingerprint density at radius 3 is 2.65 bits per heavy atom. The zero-order valence-electron chi connectivity index (χ0n) is 11.2. The molecule has 0 radical (unpaired) electrons. The van der Waals surface area contributed by atoms with Gasteiger partial charge in [0.05, 0.1) is 25.7 Å². The third-order valence-corrected chi connectivity index (χ3v) is 2.21. The van der Waals surface area contributed by atoms with Crippen LogP contribution in [0.4, 0.5) is 0 Å². The van der Waals surface area contributed by atoms with Gasteiger partial charge in [-0.15, -0.1) is 0 Å². The van der Waals surface area contributed by atoms with E-state index in [1.807, 2.05) is 13.8 Å². The number of methoxy groups -OCH3 is 1. The third kappa shape index (κ3) is 10.2. The molecule has 0 amide bonds. The van der Waals surface area contributed by atoms with Crippen LogP contribution in [0.1, 0.15) is 20.3 Å². The van der Waals surface area contributed by atoms with Gasteiger partial charge in [-0.2, -0.15) is 0 Å². The Balaban J connectivity index is 3.32. The molecule has 0 saturated heterocycles. The maximum absolute atomic E-state index is 11.5. The Morgan fingerprint density at radius 2 is 2.00 bits per heavy atom. The second kappa shape index (κ2) is 11.8. The molecule has 1 atom stereocenters. The molecule has 0 heterocycles. The fraction of sp³-hybridized carbons (Fsp3) is 0.917. The van der Waals surface area contributed by atoms with Crippen molar-refractivity contribution in [3.05, 3.63) is 0 Å². The summed E-state index contributed by atoms with van der Waals surface area (Å²) in [6.45, 7) is 7.60. The minimum atomic E-state index is -0.150. The normalized spacial score (nSPS) is 12.4. The molecular formula is C12H25NO4. The summed E-state index contributed by atoms with van der Waals surface area (Å²) in [5, 5.41) is 3.11. The van der Waals surface area contributed by atoms with Gasteiger partial charge < -0.3 is 19.5 Å². The third-order valence-electron chi connectivity index (χ3n) is 2.21. The van der Waals surface area contributed by atoms with E-state index >= 15 is 0 Å². The van der Waals surface area contributed by atoms with Crippen LogP contribution in [0.5, 0.6) is 0 Å². The number of ether oxygens (including phenoxy) is 3. The molecule has 0 aliphatic rings. The van der Waals surface area contributed by atoms with Gasteiger partial charge in [0.25, 0.3) is 0 Å². The van der Waals surface area contributed by atoms with Crippen LogP contribution in [0.15, 0.2) is 0 Å². The average Bonchev–Trinajstić information content (AvgIpc) is 2.34. The van der Waals surface area contributed by atoms with E-state index in [0.29, 0.717) is 33.0 Å². The average molecular weight is 247 g/mol. The van der Waals surface area contributed by atoms with Crippen LogP contribution >= 0.6 is 0 Å². The summed E-state index contributed by atoms with van der Waals surface area (Å²) < 4.78 is 15.2. The lowest BCUT2D eigenvalue weighted by Crippen LogP contribution is -2.28. The molecule has 0 aromatic heterocycles. The van der Waals surface area contributed by atoms with Crippen molar-refractivity contribution in [1.82, 2.24) is 5.32 Å². The fourth-order valence-corrected chi connectivity index (χ4v) is 1.16. The zero-order chi connectivity index (χ0) is 12.9. The van der Waals surface area contributed by atoms with Gasteiger partial charge in [-0.1, -0.05) is 13.8 Å². The van der Waals surface area contributed by atoms with Crippen LogP contribution in [-0.4, -0.2) is 52.6 Å². The van der Waals surface area contributed by atoms with E-state index in [1.165, 1.54) is 0 Å². The molecule has 1 unspecified atom stereocenters. The Hall–Kier alpha value is -0.650. The Labute approximate surface area is 104 Å². The van der Waals surface area contributed by atoms with E-state index in [-0.39, 0.29) is 11.9 Å². The molecule has 0 bridgehead atoms. The van der Waals surface area contributed by atoms with Gasteiger partial charge in [0.15, 0.2) is 0 Å². The molecule has 0 aromatic carbocycles. The molecule has 5 nitrogen and oxygen atoms in total. The van der Waals surface area contributed by atoms with Gasteiger partial charge >= 0.3 is 5.97 Å². The van der Waals surface area contributed by atoms with Crippen LogP contribution in [0.25, 0.3) is 0 Å². The van der Waals surface area contributed by atoms with Crippen LogP contribution < -0.4 is 5.32 Å². The molecule has 0 fully saturated rings. The van der Waals surface area contributed by atoms with Crippen molar-refractivity contribution in [3.8, 4) is 0 Å². The number of rotatable bonds is 11. The van der Waals surface area contributed by atoms with Gasteiger partial charge in [0.2, 0.25) is 0 Å². The minimum Gasteiger partial charge on any atom is -0.465 e. The Kier molecular flexibility index (Phi) is 11.4. The van der Waals surface area contributed by atoms with E-state index < -0.39 is 0 Å². The first-order chi connectivity index (χ1) is 8.22. The number of hydrogen-bond acceptors (Lipinski definition) is 5. The lowest BCUT2D eigenvalue weighted by molar-refractivity contribution is -0.148. The van der Waals surface area contributed by atoms with Crippen molar-refractivity contribution in [2.45, 2.75) is 20.3 Å². The highest BCUT2D eigenvalue weighted by molar-refractivity contribution is 5.72. The molecular weight excluding hydrogens is 222 g/mol. The number of hydrogen-bond donors (Lipinski definition) is 1. The highest BCUT2D eigenvalue weighted by atomic mass is 16.5. The summed E-state index contributed by atoms with van der Waals surface area (Å²) in [4.78, 5) is 11.5. The molecule has 0 saturated carbocycles. The summed E-state index contributed by atoms with van der Waals surface area (Å²) in [6, 6.07) is 0. The van der Waals surface area contributed by atoms with Gasteiger partial charge in [-0.25, -0.2) is 0 Å². The molecule has 0 aromatic rings. The monoisotopic (exact) mass is 247 g/mol. The second-order valence-electron chi connectivity index (χ2n) is 3.83. The Morgan fingerprint density at radius 1 is 1.24 bits per heavy atom. The van der Waals surface area contributed by atoms with Gasteiger partial charge in [-0.3, -0.25) is 4.79 Å². The quantitative estimate of drug-likeness (QED) is 0.433. The Bertz CT molecular complexity index is 187. The van der Waals surface area contributed by atoms with Crippen molar-refractivity contribution in [3.63, 3.8) is 0 Å². The van der Waals surface area contributed by atoms with Gasteiger partial charge in [0, 0.05) is 26.7 Å². The van der Waals surface area contributed by atoms with Crippen molar-refractivity contribution in [2.75, 3.05) is 46.6 Å². The highest BCUT2D eigenvalue weighted by Crippen LogP contribution is 1.97. The first-order valence-electron chi connectivity index (χ1n) is 6.16. The molecule has 1 N–H and O–H groups in total. The molecule has 0 spiro atoms. The number of nitrogens with one attached hydrogen (secondary N) is 1. The first kappa shape index (κ1) is 16.4. The molecule has 17 heavy (non-hydrogen) atoms. The van der Waals surface area contributed by atoms with Crippen LogP contribution in [-0.2, 0) is 19.0 Å². The minimum absolute atomic E-state index is 0.0932. The second-order valence-corrected chi connectivity index (χ2v) is 3.83. The molecule has 0 rings (SSSR count). The number of esters is 1. The molecule has 102 valence electrons. The predicted molar refractivity (Wildman–Crippen MR) is 66.0 cm³/mol. The summed E-state index contributed by atoms with van der Waals surface area (Å²) in [7, 11) is 1.64. The first-order valence-corrected chi connectivity index (χ1v) is 6.16. The number of carbonyl (C=O) groups excluding carboxylic acids is 1. The van der Waals surface area contributed by atoms with Crippen molar-refractivity contribution in [1.29, 1.82) is 0 Å². The highest BCUT2D eigenvalue weighted by Gasteiger charge is 2.12. The van der Waals surface area contributed by atoms with Crippen LogP contribution in [0.3, 0.4) is 0 Å². The SMILES string of the molecule is CCNCC(C)C(=O)OCCCOCCOC. The molecule has 0 aliphatic carbocycles. The van der Waals surface area contributed by atoms with E-state index in [0.717, 1.165) is 13.0 Å². The molecule has 5 heteroatoms. The van der Waals surface area contributed by atoms with E-state index in [4.69, 9.17) is 14.2 Å². The van der Waals surface area contributed by atoms with E-state index in [1.54, 1.807) is 7.11 Å². The lowest BCUT2D eigenvalue weighted by Gasteiger charge is -2.11. The smallest absolute Gasteiger partial charge is 0.309 e. The topological polar surface area (TPSA) is 56.8 Å². The number of carbonyl (C=O) groups is 1. The maximum atomic E-state index is 11.5. The van der Waals surface area contributed by atoms with Gasteiger partial charge in [0.1, 0.15) is 0 Å². The van der Waals surface area contributed by atoms with Gasteiger partial charge in [-0.05, 0) is 6.54 Å². The fourth-order valence-electron chi connectivity index (χ4n) is 1.16.